The van der Waals surface area contributed by atoms with Crippen molar-refractivity contribution in [3.8, 4) is 22.9 Å². The van der Waals surface area contributed by atoms with Crippen LogP contribution >= 0.6 is 0 Å². The van der Waals surface area contributed by atoms with Crippen LogP contribution in [0.2, 0.25) is 0 Å². The van der Waals surface area contributed by atoms with Crippen LogP contribution in [0.3, 0.4) is 0 Å². The number of carbonyl (C=O) groups is 7. The summed E-state index contributed by atoms with van der Waals surface area (Å²) in [5, 5.41) is 8.14. The number of pyridine rings is 1. The van der Waals surface area contributed by atoms with E-state index >= 15 is 0 Å². The van der Waals surface area contributed by atoms with Gasteiger partial charge in [0.1, 0.15) is 23.5 Å². The first-order chi connectivity index (χ1) is 37.6. The highest BCUT2D eigenvalue weighted by molar-refractivity contribution is 6.25. The molecule has 78 heavy (non-hydrogen) atoms. The minimum atomic E-state index is -4.80. The van der Waals surface area contributed by atoms with E-state index in [0.29, 0.717) is 141 Å². The third-order valence-corrected chi connectivity index (χ3v) is 12.5. The van der Waals surface area contributed by atoms with Crippen LogP contribution in [-0.4, -0.2) is 176 Å². The Balaban J connectivity index is 0.658. The van der Waals surface area contributed by atoms with Crippen LogP contribution < -0.4 is 31.2 Å². The van der Waals surface area contributed by atoms with Crippen LogP contribution in [0.5, 0.6) is 11.6 Å². The number of amides is 7. The number of alkyl halides is 3. The minimum Gasteiger partial charge on any atom is -0.474 e. The molecule has 0 bridgehead atoms. The van der Waals surface area contributed by atoms with Crippen LogP contribution in [0.15, 0.2) is 67.3 Å². The molecule has 1 atom stereocenters. The van der Waals surface area contributed by atoms with Gasteiger partial charge in [0.15, 0.2) is 0 Å². The van der Waals surface area contributed by atoms with E-state index in [1.165, 1.54) is 24.4 Å². The molecule has 7 amide bonds. The summed E-state index contributed by atoms with van der Waals surface area (Å²) in [6, 6.07) is 10.5. The Labute approximate surface area is 446 Å². The van der Waals surface area contributed by atoms with Gasteiger partial charge in [0.05, 0.1) is 95.6 Å². The zero-order chi connectivity index (χ0) is 55.4. The number of hydrogen-bond donors (Lipinski definition) is 4. The van der Waals surface area contributed by atoms with E-state index in [1.54, 1.807) is 35.6 Å². The molecular weight excluding hydrogens is 1030 g/mol. The Bertz CT molecular complexity index is 2720. The number of carbonyl (C=O) groups excluding carboxylic acids is 7. The maximum Gasteiger partial charge on any atom is 0.573 e. The molecule has 3 aliphatic rings. The zero-order valence-corrected chi connectivity index (χ0v) is 42.7. The van der Waals surface area contributed by atoms with Crippen molar-refractivity contribution >= 4 is 47.0 Å². The summed E-state index contributed by atoms with van der Waals surface area (Å²) in [4.78, 5) is 99.3. The van der Waals surface area contributed by atoms with Crippen LogP contribution in [0.25, 0.3) is 11.3 Å². The number of hydrogen-bond acceptors (Lipinski definition) is 17. The number of aromatic nitrogens is 3. The first-order valence-electron chi connectivity index (χ1n) is 25.5. The second kappa shape index (κ2) is 28.7. The van der Waals surface area contributed by atoms with Gasteiger partial charge in [-0.3, -0.25) is 43.8 Å². The van der Waals surface area contributed by atoms with Crippen molar-refractivity contribution in [1.29, 1.82) is 0 Å². The Hall–Kier alpha value is -7.52. The molecule has 26 heteroatoms. The third-order valence-electron chi connectivity index (χ3n) is 12.5. The number of halogens is 3. The van der Waals surface area contributed by atoms with E-state index in [4.69, 9.17) is 34.2 Å². The van der Waals surface area contributed by atoms with E-state index in [0.717, 1.165) is 17.0 Å². The monoisotopic (exact) mass is 1090 g/mol. The molecule has 23 nitrogen and oxygen atoms in total. The summed E-state index contributed by atoms with van der Waals surface area (Å²) in [6.07, 6.45) is 1.64. The first-order valence-corrected chi connectivity index (χ1v) is 25.5. The number of imide groups is 2. The van der Waals surface area contributed by atoms with E-state index in [2.05, 4.69) is 30.7 Å². The maximum atomic E-state index is 13.2. The van der Waals surface area contributed by atoms with Crippen molar-refractivity contribution in [1.82, 2.24) is 35.0 Å². The standard InChI is InChI=1S/C52H62F3N9O14/c53-52(54,55)78-37-8-6-34(7-9-37)29-45(67)63-17-12-36(13-18-63)77-49-39(47(56)68)30-35(31-59-49)41-32-62(33-60-41)16-2-5-43(65)58-15-20-73-22-24-75-26-28-76-27-25-74-23-21-72-19-14-57-40-4-1-3-38-46(40)51(71)64(50(38)70)42-10-11-44(66)61-48(42)69/h1,3-4,6-9,30-33,36,42,57H,2,5,10-29H2,(H2,56,68)(H,58,65)(H,61,66,69). The molecule has 0 spiro atoms. The summed E-state index contributed by atoms with van der Waals surface area (Å²) in [5.41, 5.74) is 8.23. The summed E-state index contributed by atoms with van der Waals surface area (Å²) in [7, 11) is 0. The number of piperidine rings is 2. The lowest BCUT2D eigenvalue weighted by Crippen LogP contribution is -2.54. The van der Waals surface area contributed by atoms with Gasteiger partial charge in [0.2, 0.25) is 29.5 Å². The van der Waals surface area contributed by atoms with Gasteiger partial charge in [0, 0.05) is 82.1 Å². The number of imidazole rings is 1. The fourth-order valence-corrected chi connectivity index (χ4v) is 8.65. The van der Waals surface area contributed by atoms with Crippen LogP contribution in [0, 0.1) is 0 Å². The SMILES string of the molecule is NC(=O)c1cc(-c2cn(CCCC(=O)NCCOCCOCCOCCOCCOCCNc3cccc4c3C(=O)N(C3CCC(=O)NC3=O)C4=O)cn2)cnc1OC1CCN(C(=O)Cc2ccc(OC(F)(F)F)cc2)CC1. The first kappa shape index (κ1) is 58.2. The minimum absolute atomic E-state index is 0.0108. The van der Waals surface area contributed by atoms with Gasteiger partial charge in [-0.05, 0) is 48.7 Å². The third kappa shape index (κ3) is 17.2. The average Bonchev–Trinajstić information content (AvgIpc) is 3.99. The van der Waals surface area contributed by atoms with Crippen molar-refractivity contribution < 1.29 is 79.9 Å². The molecule has 0 saturated carbocycles. The summed E-state index contributed by atoms with van der Waals surface area (Å²) in [5.74, 6) is -3.60. The summed E-state index contributed by atoms with van der Waals surface area (Å²) in [6.45, 7) is 5.43. The molecule has 0 radical (unpaired) electrons. The molecule has 1 unspecified atom stereocenters. The zero-order valence-electron chi connectivity index (χ0n) is 42.7. The number of nitrogens with one attached hydrogen (secondary N) is 3. The Morgan fingerprint density at radius 3 is 2.09 bits per heavy atom. The van der Waals surface area contributed by atoms with Crippen molar-refractivity contribution in [2.45, 2.75) is 70.0 Å². The number of benzene rings is 2. The lowest BCUT2D eigenvalue weighted by molar-refractivity contribution is -0.274. The molecule has 2 fully saturated rings. The smallest absolute Gasteiger partial charge is 0.474 e. The lowest BCUT2D eigenvalue weighted by atomic mass is 10.0. The Morgan fingerprint density at radius 1 is 0.795 bits per heavy atom. The largest absolute Gasteiger partial charge is 0.573 e. The number of nitrogens with zero attached hydrogens (tertiary/aromatic N) is 5. The second-order valence-electron chi connectivity index (χ2n) is 18.1. The quantitative estimate of drug-likeness (QED) is 0.0416. The Kier molecular flexibility index (Phi) is 21.4. The normalized spacial score (nSPS) is 15.8. The molecule has 2 aromatic carbocycles. The van der Waals surface area contributed by atoms with Gasteiger partial charge in [-0.25, -0.2) is 9.97 Å². The summed E-state index contributed by atoms with van der Waals surface area (Å²) < 4.78 is 76.9. The number of rotatable bonds is 31. The number of nitrogens with two attached hydrogens (primary N) is 1. The fourth-order valence-electron chi connectivity index (χ4n) is 8.65. The number of fused-ring (bicyclic) bond motifs is 1. The molecule has 5 heterocycles. The molecule has 0 aliphatic carbocycles. The van der Waals surface area contributed by atoms with Gasteiger partial charge in [0.25, 0.3) is 17.7 Å². The van der Waals surface area contributed by atoms with Gasteiger partial charge in [-0.2, -0.15) is 0 Å². The van der Waals surface area contributed by atoms with Gasteiger partial charge in [-0.15, -0.1) is 13.2 Å². The lowest BCUT2D eigenvalue weighted by Gasteiger charge is -2.32. The highest BCUT2D eigenvalue weighted by Crippen LogP contribution is 2.33. The molecule has 4 aromatic rings. The molecule has 2 aromatic heterocycles. The van der Waals surface area contributed by atoms with Crippen LogP contribution in [0.4, 0.5) is 18.9 Å². The second-order valence-corrected chi connectivity index (χ2v) is 18.1. The van der Waals surface area contributed by atoms with Crippen molar-refractivity contribution in [2.75, 3.05) is 97.6 Å². The van der Waals surface area contributed by atoms with Crippen molar-refractivity contribution in [2.24, 2.45) is 5.73 Å². The number of aryl methyl sites for hydroxylation is 1. The molecule has 420 valence electrons. The molecule has 5 N–H and O–H groups in total. The molecule has 7 rings (SSSR count). The van der Waals surface area contributed by atoms with E-state index in [-0.39, 0.29) is 71.9 Å². The van der Waals surface area contributed by atoms with Gasteiger partial charge in [-0.1, -0.05) is 18.2 Å². The number of likely N-dealkylation sites (tertiary alicyclic amines) is 1. The average molecular weight is 1090 g/mol. The highest BCUT2D eigenvalue weighted by atomic mass is 19.4. The number of anilines is 1. The molecule has 2 saturated heterocycles. The fraction of sp³-hybridized carbons (Fsp3) is 0.481. The molecule has 3 aliphatic heterocycles. The van der Waals surface area contributed by atoms with E-state index in [9.17, 15) is 46.7 Å². The Morgan fingerprint density at radius 2 is 1.45 bits per heavy atom. The maximum absolute atomic E-state index is 13.2. The van der Waals surface area contributed by atoms with E-state index < -0.39 is 41.9 Å². The van der Waals surface area contributed by atoms with Crippen LogP contribution in [-0.2, 0) is 55.8 Å². The number of primary amides is 1. The van der Waals surface area contributed by atoms with Crippen LogP contribution in [0.1, 0.15) is 75.2 Å². The predicted molar refractivity (Wildman–Crippen MR) is 269 cm³/mol. The summed E-state index contributed by atoms with van der Waals surface area (Å²) >= 11 is 0. The van der Waals surface area contributed by atoms with Gasteiger partial charge < -0.3 is 59.0 Å². The molecular formula is C52H62F3N9O14. The van der Waals surface area contributed by atoms with Crippen molar-refractivity contribution in [3.63, 3.8) is 0 Å². The topological polar surface area (TPSA) is 283 Å². The highest BCUT2D eigenvalue weighted by Gasteiger charge is 2.45. The predicted octanol–water partition coefficient (Wildman–Crippen LogP) is 3.05. The number of ether oxygens (including phenoxy) is 7. The van der Waals surface area contributed by atoms with Gasteiger partial charge >= 0.3 is 6.36 Å². The van der Waals surface area contributed by atoms with E-state index in [1.807, 2.05) is 4.57 Å². The van der Waals surface area contributed by atoms with Crippen molar-refractivity contribution in [3.05, 3.63) is 89.5 Å².